The Morgan fingerprint density at radius 1 is 1.15 bits per heavy atom. The van der Waals surface area contributed by atoms with Crippen LogP contribution in [0.3, 0.4) is 0 Å². The van der Waals surface area contributed by atoms with Gasteiger partial charge in [-0.3, -0.25) is 4.79 Å². The van der Waals surface area contributed by atoms with Crippen LogP contribution in [0.5, 0.6) is 0 Å². The molecule has 1 unspecified atom stereocenters. The van der Waals surface area contributed by atoms with E-state index in [1.807, 2.05) is 12.1 Å². The number of carbonyl (C=O) groups is 1. The van der Waals surface area contributed by atoms with Crippen molar-refractivity contribution in [3.05, 3.63) is 76.3 Å². The van der Waals surface area contributed by atoms with Crippen molar-refractivity contribution in [1.29, 1.82) is 0 Å². The van der Waals surface area contributed by atoms with Crippen molar-refractivity contribution >= 4 is 35.3 Å². The summed E-state index contributed by atoms with van der Waals surface area (Å²) in [5.74, 6) is -0.237. The SMILES string of the molecule is O=C(/C=C/c1ccc(Cl)cc1)N1CCSC(c2cc(F)ccc2F)CC1. The molecule has 2 aromatic rings. The Balaban J connectivity index is 1.63. The molecule has 0 bridgehead atoms. The molecule has 0 N–H and O–H groups in total. The third-order valence-electron chi connectivity index (χ3n) is 4.25. The summed E-state index contributed by atoms with van der Waals surface area (Å²) < 4.78 is 27.4. The summed E-state index contributed by atoms with van der Waals surface area (Å²) >= 11 is 7.41. The van der Waals surface area contributed by atoms with Gasteiger partial charge >= 0.3 is 0 Å². The van der Waals surface area contributed by atoms with E-state index in [0.717, 1.165) is 17.7 Å². The summed E-state index contributed by atoms with van der Waals surface area (Å²) in [5.41, 5.74) is 1.27. The third-order valence-corrected chi connectivity index (χ3v) is 5.81. The van der Waals surface area contributed by atoms with E-state index in [1.54, 1.807) is 34.9 Å². The zero-order valence-corrected chi connectivity index (χ0v) is 15.6. The van der Waals surface area contributed by atoms with E-state index >= 15 is 0 Å². The fourth-order valence-corrected chi connectivity index (χ4v) is 4.22. The van der Waals surface area contributed by atoms with Gasteiger partial charge in [0.2, 0.25) is 5.91 Å². The van der Waals surface area contributed by atoms with Crippen LogP contribution >= 0.6 is 23.4 Å². The molecule has 0 radical (unpaired) electrons. The first-order valence-corrected chi connectivity index (χ1v) is 9.75. The number of nitrogens with zero attached hydrogens (tertiary/aromatic N) is 1. The van der Waals surface area contributed by atoms with Crippen LogP contribution in [0.4, 0.5) is 8.78 Å². The summed E-state index contributed by atoms with van der Waals surface area (Å²) in [7, 11) is 0. The van der Waals surface area contributed by atoms with Crippen molar-refractivity contribution in [1.82, 2.24) is 4.90 Å². The van der Waals surface area contributed by atoms with Crippen molar-refractivity contribution < 1.29 is 13.6 Å². The zero-order chi connectivity index (χ0) is 18.5. The number of hydrogen-bond donors (Lipinski definition) is 0. The molecule has 0 saturated carbocycles. The second kappa shape index (κ2) is 8.69. The fraction of sp³-hybridized carbons (Fsp3) is 0.250. The molecule has 136 valence electrons. The smallest absolute Gasteiger partial charge is 0.246 e. The third kappa shape index (κ3) is 4.86. The van der Waals surface area contributed by atoms with E-state index in [9.17, 15) is 13.6 Å². The van der Waals surface area contributed by atoms with Crippen LogP contribution in [0.1, 0.15) is 22.8 Å². The Morgan fingerprint density at radius 3 is 2.69 bits per heavy atom. The van der Waals surface area contributed by atoms with Crippen LogP contribution in [0.2, 0.25) is 5.02 Å². The molecule has 6 heteroatoms. The second-order valence-electron chi connectivity index (χ2n) is 6.02. The maximum absolute atomic E-state index is 14.0. The minimum absolute atomic E-state index is 0.0825. The highest BCUT2D eigenvalue weighted by atomic mass is 35.5. The first-order chi connectivity index (χ1) is 12.5. The number of carbonyl (C=O) groups excluding carboxylic acids is 1. The van der Waals surface area contributed by atoms with Crippen molar-refractivity contribution in [2.75, 3.05) is 18.8 Å². The predicted octanol–water partition coefficient (Wildman–Crippen LogP) is 5.34. The lowest BCUT2D eigenvalue weighted by Gasteiger charge is -2.18. The normalized spacial score (nSPS) is 18.1. The molecule has 2 nitrogen and oxygen atoms in total. The van der Waals surface area contributed by atoms with Gasteiger partial charge in [-0.2, -0.15) is 11.8 Å². The number of rotatable bonds is 3. The van der Waals surface area contributed by atoms with Crippen LogP contribution < -0.4 is 0 Å². The number of halogens is 3. The van der Waals surface area contributed by atoms with Crippen molar-refractivity contribution in [2.45, 2.75) is 11.7 Å². The monoisotopic (exact) mass is 393 g/mol. The average molecular weight is 394 g/mol. The van der Waals surface area contributed by atoms with Gasteiger partial charge in [-0.05, 0) is 48.4 Å². The summed E-state index contributed by atoms with van der Waals surface area (Å²) in [5, 5.41) is 0.498. The van der Waals surface area contributed by atoms with E-state index in [2.05, 4.69) is 0 Å². The summed E-state index contributed by atoms with van der Waals surface area (Å²) in [6.07, 6.45) is 3.88. The highest BCUT2D eigenvalue weighted by Crippen LogP contribution is 2.36. The van der Waals surface area contributed by atoms with Gasteiger partial charge in [0.05, 0.1) is 0 Å². The maximum atomic E-state index is 14.0. The number of hydrogen-bond acceptors (Lipinski definition) is 2. The van der Waals surface area contributed by atoms with Gasteiger partial charge in [-0.1, -0.05) is 23.7 Å². The Kier molecular flexibility index (Phi) is 6.33. The maximum Gasteiger partial charge on any atom is 0.246 e. The van der Waals surface area contributed by atoms with Gasteiger partial charge < -0.3 is 4.90 Å². The standard InChI is InChI=1S/C20H18ClF2NOS/c21-15-4-1-14(2-5-15)3-8-20(25)24-10-9-19(26-12-11-24)17-13-16(22)6-7-18(17)23/h1-8,13,19H,9-12H2/b8-3+. The molecule has 1 amide bonds. The van der Waals surface area contributed by atoms with Gasteiger partial charge in [-0.25, -0.2) is 8.78 Å². The predicted molar refractivity (Wildman–Crippen MR) is 103 cm³/mol. The Hall–Kier alpha value is -1.85. The quantitative estimate of drug-likeness (QED) is 0.656. The van der Waals surface area contributed by atoms with Crippen molar-refractivity contribution in [3.8, 4) is 0 Å². The molecule has 1 aliphatic heterocycles. The van der Waals surface area contributed by atoms with Gasteiger partial charge in [0.1, 0.15) is 11.6 Å². The molecule has 1 saturated heterocycles. The molecule has 26 heavy (non-hydrogen) atoms. The van der Waals surface area contributed by atoms with Gasteiger partial charge in [0.15, 0.2) is 0 Å². The fourth-order valence-electron chi connectivity index (χ4n) is 2.85. The molecule has 1 aliphatic rings. The molecule has 2 aromatic carbocycles. The molecule has 0 aliphatic carbocycles. The molecule has 1 heterocycles. The minimum Gasteiger partial charge on any atom is -0.338 e. The Morgan fingerprint density at radius 2 is 1.92 bits per heavy atom. The van der Waals surface area contributed by atoms with E-state index in [4.69, 9.17) is 11.6 Å². The lowest BCUT2D eigenvalue weighted by atomic mass is 10.1. The van der Waals surface area contributed by atoms with E-state index in [0.29, 0.717) is 35.8 Å². The Bertz CT molecular complexity index is 810. The summed E-state index contributed by atoms with van der Waals surface area (Å²) in [6, 6.07) is 10.8. The minimum atomic E-state index is -0.440. The highest BCUT2D eigenvalue weighted by Gasteiger charge is 2.23. The van der Waals surface area contributed by atoms with E-state index in [-0.39, 0.29) is 11.2 Å². The number of thioether (sulfide) groups is 1. The largest absolute Gasteiger partial charge is 0.338 e. The van der Waals surface area contributed by atoms with Crippen LogP contribution in [0.15, 0.2) is 48.5 Å². The molecule has 0 aromatic heterocycles. The van der Waals surface area contributed by atoms with E-state index < -0.39 is 11.6 Å². The Labute approximate surface area is 160 Å². The number of amides is 1. The summed E-state index contributed by atoms with van der Waals surface area (Å²) in [4.78, 5) is 14.2. The topological polar surface area (TPSA) is 20.3 Å². The van der Waals surface area contributed by atoms with Crippen molar-refractivity contribution in [2.24, 2.45) is 0 Å². The molecular weight excluding hydrogens is 376 g/mol. The van der Waals surface area contributed by atoms with Crippen molar-refractivity contribution in [3.63, 3.8) is 0 Å². The van der Waals surface area contributed by atoms with Crippen LogP contribution in [-0.2, 0) is 4.79 Å². The van der Waals surface area contributed by atoms with Crippen LogP contribution in [0, 0.1) is 11.6 Å². The van der Waals surface area contributed by atoms with Crippen LogP contribution in [-0.4, -0.2) is 29.6 Å². The highest BCUT2D eigenvalue weighted by molar-refractivity contribution is 7.99. The lowest BCUT2D eigenvalue weighted by molar-refractivity contribution is -0.125. The molecule has 1 atom stereocenters. The van der Waals surface area contributed by atoms with Gasteiger partial charge in [0, 0.05) is 40.8 Å². The lowest BCUT2D eigenvalue weighted by Crippen LogP contribution is -2.31. The summed E-state index contributed by atoms with van der Waals surface area (Å²) in [6.45, 7) is 1.10. The first kappa shape index (κ1) is 18.9. The van der Waals surface area contributed by atoms with E-state index in [1.165, 1.54) is 12.1 Å². The second-order valence-corrected chi connectivity index (χ2v) is 7.77. The first-order valence-electron chi connectivity index (χ1n) is 8.32. The number of benzene rings is 2. The molecule has 3 rings (SSSR count). The molecule has 0 spiro atoms. The van der Waals surface area contributed by atoms with Crippen LogP contribution in [0.25, 0.3) is 6.08 Å². The average Bonchev–Trinajstić information content (AvgIpc) is 2.89. The zero-order valence-electron chi connectivity index (χ0n) is 14.0. The molecular formula is C20H18ClF2NOS. The van der Waals surface area contributed by atoms with Gasteiger partial charge in [0.25, 0.3) is 0 Å². The van der Waals surface area contributed by atoms with Gasteiger partial charge in [-0.15, -0.1) is 0 Å². The molecule has 1 fully saturated rings.